The van der Waals surface area contributed by atoms with Gasteiger partial charge in [-0.05, 0) is 32.9 Å². The molecule has 11 nitrogen and oxygen atoms in total. The van der Waals surface area contributed by atoms with Gasteiger partial charge >= 0.3 is 0 Å². The van der Waals surface area contributed by atoms with Crippen LogP contribution in [-0.4, -0.2) is 128 Å². The number of hydrogen-bond donors (Lipinski definition) is 6. The fourth-order valence-corrected chi connectivity index (χ4v) is 6.58. The summed E-state index contributed by atoms with van der Waals surface area (Å²) in [5.74, 6) is -0.721. The maximum absolute atomic E-state index is 15.3. The molecule has 5 heterocycles. The number of alkyl halides is 2. The molecule has 5 fully saturated rings. The van der Waals surface area contributed by atoms with Gasteiger partial charge in [0.05, 0.1) is 30.3 Å². The Kier molecular flexibility index (Phi) is 8.06. The molecule has 0 saturated carbocycles. The van der Waals surface area contributed by atoms with E-state index in [-0.39, 0.29) is 37.4 Å². The standard InChI is InChI=1S/C23H41F2N9O2/c1-13-11-33(7-4-28-13)23(36)14-2-5-32(6-3-14)19-16(25)9-27-10-17(19)30-22(35)18-20(26)31-34-12-15(24)8-29-21(18)34/h13-21,27-29,31H,2-12,26H2,1H3,(H,30,35)/t13-,15?,16?,17?,18?,19?,20?,21?/m1/s1. The molecule has 0 aliphatic carbocycles. The topological polar surface area (TPSA) is 130 Å². The average Bonchev–Trinajstić information content (AvgIpc) is 3.18. The molecule has 5 saturated heterocycles. The minimum Gasteiger partial charge on any atom is -0.350 e. The Hall–Kier alpha value is -1.48. The summed E-state index contributed by atoms with van der Waals surface area (Å²) in [6, 6.07) is -0.602. The summed E-state index contributed by atoms with van der Waals surface area (Å²) in [6.07, 6.45) is -1.85. The first-order chi connectivity index (χ1) is 17.3. The number of fused-ring (bicyclic) bond motifs is 1. The number of nitrogens with zero attached hydrogens (tertiary/aromatic N) is 3. The van der Waals surface area contributed by atoms with Crippen LogP contribution in [0.3, 0.4) is 0 Å². The Labute approximate surface area is 211 Å². The first kappa shape index (κ1) is 26.1. The molecule has 0 aromatic rings. The molecule has 204 valence electrons. The number of rotatable bonds is 4. The normalized spacial score (nSPS) is 41.2. The summed E-state index contributed by atoms with van der Waals surface area (Å²) in [6.45, 7) is 6.62. The lowest BCUT2D eigenvalue weighted by Gasteiger charge is -2.45. The van der Waals surface area contributed by atoms with Crippen molar-refractivity contribution in [3.05, 3.63) is 0 Å². The summed E-state index contributed by atoms with van der Waals surface area (Å²) in [7, 11) is 0. The summed E-state index contributed by atoms with van der Waals surface area (Å²) in [4.78, 5) is 30.4. The molecule has 0 aromatic heterocycles. The van der Waals surface area contributed by atoms with Crippen LogP contribution in [0.1, 0.15) is 19.8 Å². The van der Waals surface area contributed by atoms with E-state index in [4.69, 9.17) is 5.73 Å². The van der Waals surface area contributed by atoms with Gasteiger partial charge < -0.3 is 26.6 Å². The minimum atomic E-state index is -1.14. The molecule has 7 N–H and O–H groups in total. The van der Waals surface area contributed by atoms with Gasteiger partial charge in [0, 0.05) is 57.8 Å². The Morgan fingerprint density at radius 2 is 1.81 bits per heavy atom. The van der Waals surface area contributed by atoms with Gasteiger partial charge in [-0.15, -0.1) is 0 Å². The fourth-order valence-electron chi connectivity index (χ4n) is 6.58. The Balaban J connectivity index is 1.19. The van der Waals surface area contributed by atoms with Gasteiger partial charge in [-0.1, -0.05) is 0 Å². The van der Waals surface area contributed by atoms with Crippen LogP contribution in [0.25, 0.3) is 0 Å². The predicted octanol–water partition coefficient (Wildman–Crippen LogP) is -2.70. The molecule has 0 radical (unpaired) electrons. The third-order valence-corrected chi connectivity index (χ3v) is 8.42. The number of amides is 2. The van der Waals surface area contributed by atoms with Crippen LogP contribution in [0.4, 0.5) is 8.78 Å². The molecular formula is C23H41F2N9O2. The van der Waals surface area contributed by atoms with Crippen molar-refractivity contribution < 1.29 is 18.4 Å². The first-order valence-corrected chi connectivity index (χ1v) is 13.4. The van der Waals surface area contributed by atoms with Gasteiger partial charge in [0.1, 0.15) is 12.3 Å². The van der Waals surface area contributed by atoms with E-state index in [0.717, 1.165) is 19.6 Å². The van der Waals surface area contributed by atoms with Crippen molar-refractivity contribution in [1.29, 1.82) is 0 Å². The third kappa shape index (κ3) is 5.38. The van der Waals surface area contributed by atoms with Crippen LogP contribution in [0.5, 0.6) is 0 Å². The van der Waals surface area contributed by atoms with Crippen LogP contribution in [0, 0.1) is 11.8 Å². The lowest BCUT2D eigenvalue weighted by atomic mass is 9.89. The van der Waals surface area contributed by atoms with E-state index >= 15 is 4.39 Å². The monoisotopic (exact) mass is 513 g/mol. The third-order valence-electron chi connectivity index (χ3n) is 8.42. The molecule has 5 rings (SSSR count). The molecule has 5 aliphatic rings. The van der Waals surface area contributed by atoms with Crippen molar-refractivity contribution >= 4 is 11.8 Å². The molecule has 7 unspecified atom stereocenters. The number of nitrogens with two attached hydrogens (primary N) is 1. The summed E-state index contributed by atoms with van der Waals surface area (Å²) >= 11 is 0. The highest BCUT2D eigenvalue weighted by Crippen LogP contribution is 2.27. The molecule has 0 spiro atoms. The van der Waals surface area contributed by atoms with Crippen molar-refractivity contribution in [2.45, 2.75) is 62.6 Å². The number of halogens is 2. The van der Waals surface area contributed by atoms with E-state index in [0.29, 0.717) is 38.5 Å². The van der Waals surface area contributed by atoms with Gasteiger partial charge in [0.15, 0.2) is 0 Å². The van der Waals surface area contributed by atoms with Gasteiger partial charge in [-0.25, -0.2) is 19.2 Å². The highest BCUT2D eigenvalue weighted by atomic mass is 19.1. The van der Waals surface area contributed by atoms with Crippen molar-refractivity contribution in [3.63, 3.8) is 0 Å². The lowest BCUT2D eigenvalue weighted by molar-refractivity contribution is -0.138. The van der Waals surface area contributed by atoms with E-state index in [1.807, 2.05) is 4.90 Å². The zero-order valence-corrected chi connectivity index (χ0v) is 21.0. The maximum Gasteiger partial charge on any atom is 0.229 e. The summed E-state index contributed by atoms with van der Waals surface area (Å²) < 4.78 is 29.0. The van der Waals surface area contributed by atoms with Gasteiger partial charge in [-0.3, -0.25) is 19.8 Å². The summed E-state index contributed by atoms with van der Waals surface area (Å²) in [5, 5.41) is 14.2. The average molecular weight is 514 g/mol. The van der Waals surface area contributed by atoms with Gasteiger partial charge in [0.2, 0.25) is 11.8 Å². The van der Waals surface area contributed by atoms with Crippen molar-refractivity contribution in [2.24, 2.45) is 17.6 Å². The second-order valence-electron chi connectivity index (χ2n) is 11.0. The van der Waals surface area contributed by atoms with Gasteiger partial charge in [-0.2, -0.15) is 0 Å². The fraction of sp³-hybridized carbons (Fsp3) is 0.913. The quantitative estimate of drug-likeness (QED) is 0.238. The number of piperidine rings is 2. The molecule has 13 heteroatoms. The lowest BCUT2D eigenvalue weighted by Crippen LogP contribution is -2.67. The number of carbonyl (C=O) groups is 2. The van der Waals surface area contributed by atoms with Crippen LogP contribution in [0.2, 0.25) is 0 Å². The van der Waals surface area contributed by atoms with Crippen molar-refractivity contribution in [1.82, 2.24) is 41.5 Å². The van der Waals surface area contributed by atoms with Crippen LogP contribution in [-0.2, 0) is 9.59 Å². The number of likely N-dealkylation sites (tertiary alicyclic amines) is 1. The largest absolute Gasteiger partial charge is 0.350 e. The Bertz CT molecular complexity index is 802. The van der Waals surface area contributed by atoms with Crippen molar-refractivity contribution in [3.8, 4) is 0 Å². The minimum absolute atomic E-state index is 0.0374. The maximum atomic E-state index is 15.3. The Morgan fingerprint density at radius 3 is 2.56 bits per heavy atom. The van der Waals surface area contributed by atoms with Crippen molar-refractivity contribution in [2.75, 3.05) is 58.9 Å². The number of nitrogens with one attached hydrogen (secondary N) is 5. The number of carbonyl (C=O) groups excluding carboxylic acids is 2. The molecule has 5 aliphatic heterocycles. The smallest absolute Gasteiger partial charge is 0.229 e. The Morgan fingerprint density at radius 1 is 1.03 bits per heavy atom. The molecular weight excluding hydrogens is 472 g/mol. The molecule has 2 amide bonds. The van der Waals surface area contributed by atoms with Crippen LogP contribution < -0.4 is 32.4 Å². The predicted molar refractivity (Wildman–Crippen MR) is 130 cm³/mol. The molecule has 8 atom stereocenters. The molecule has 0 bridgehead atoms. The van der Waals surface area contributed by atoms with Crippen LogP contribution >= 0.6 is 0 Å². The zero-order chi connectivity index (χ0) is 25.4. The van der Waals surface area contributed by atoms with E-state index in [9.17, 15) is 14.0 Å². The van der Waals surface area contributed by atoms with E-state index in [1.54, 1.807) is 5.01 Å². The second kappa shape index (κ2) is 11.1. The zero-order valence-electron chi connectivity index (χ0n) is 21.0. The van der Waals surface area contributed by atoms with Gasteiger partial charge in [0.25, 0.3) is 0 Å². The SMILES string of the molecule is C[C@@H]1CN(C(=O)C2CCN(C3C(F)CNCC3NC(=O)C3C(N)NN4CC(F)CNC34)CC2)CCN1. The first-order valence-electron chi connectivity index (χ1n) is 13.4. The molecule has 36 heavy (non-hydrogen) atoms. The van der Waals surface area contributed by atoms with Crippen LogP contribution in [0.15, 0.2) is 0 Å². The molecule has 0 aromatic carbocycles. The number of piperazine rings is 1. The van der Waals surface area contributed by atoms with E-state index in [2.05, 4.69) is 38.5 Å². The highest BCUT2D eigenvalue weighted by Gasteiger charge is 2.48. The summed E-state index contributed by atoms with van der Waals surface area (Å²) in [5.41, 5.74) is 9.18. The van der Waals surface area contributed by atoms with E-state index < -0.39 is 42.7 Å². The number of hydrogen-bond acceptors (Lipinski definition) is 9. The highest BCUT2D eigenvalue weighted by molar-refractivity contribution is 5.81. The van der Waals surface area contributed by atoms with E-state index in [1.165, 1.54) is 0 Å². The second-order valence-corrected chi connectivity index (χ2v) is 11.0. The number of hydrazine groups is 1.